The smallest absolute Gasteiger partial charge is 0.416 e. The van der Waals surface area contributed by atoms with Crippen LogP contribution in [0.1, 0.15) is 12.8 Å². The van der Waals surface area contributed by atoms with Gasteiger partial charge >= 0.3 is 12.1 Å². The normalized spacial score (nSPS) is 26.9. The van der Waals surface area contributed by atoms with Gasteiger partial charge in [-0.25, -0.2) is 9.69 Å². The fourth-order valence-corrected chi connectivity index (χ4v) is 2.29. The molecule has 1 heterocycles. The van der Waals surface area contributed by atoms with Crippen molar-refractivity contribution >= 4 is 18.0 Å². The Bertz CT molecular complexity index is 403. The molecule has 2 amide bonds. The lowest BCUT2D eigenvalue weighted by Gasteiger charge is -2.27. The molecule has 0 aromatic rings. The molecule has 98 valence electrons. The Morgan fingerprint density at radius 3 is 2.56 bits per heavy atom. The van der Waals surface area contributed by atoms with Gasteiger partial charge in [-0.2, -0.15) is 0 Å². The summed E-state index contributed by atoms with van der Waals surface area (Å²) >= 11 is 0. The number of carbonyl (C=O) groups excluding carboxylic acids is 3. The van der Waals surface area contributed by atoms with Crippen LogP contribution in [-0.4, -0.2) is 43.1 Å². The minimum atomic E-state index is -0.627. The number of esters is 1. The van der Waals surface area contributed by atoms with Crippen LogP contribution in [-0.2, 0) is 19.1 Å². The molecule has 0 radical (unpaired) electrons. The average molecular weight is 253 g/mol. The predicted octanol–water partition coefficient (Wildman–Crippen LogP) is 0.721. The van der Waals surface area contributed by atoms with Gasteiger partial charge in [0.05, 0.1) is 25.5 Å². The Hall–Kier alpha value is -1.85. The maximum Gasteiger partial charge on any atom is 0.416 e. The standard InChI is InChI=1S/C12H15NO5/c1-17-11(15)9-5-3-2-4-8(9)10(14)13-6-7-18-12(13)16/h2-3,8-9H,4-7H2,1H3/t8-,9-/m0/s1. The number of rotatable bonds is 2. The first-order valence-electron chi connectivity index (χ1n) is 5.86. The third-order valence-corrected chi connectivity index (χ3v) is 3.28. The molecule has 1 fully saturated rings. The van der Waals surface area contributed by atoms with E-state index in [-0.39, 0.29) is 19.1 Å². The SMILES string of the molecule is COC(=O)[C@H]1CC=CC[C@@H]1C(=O)N1CCOC1=O. The Labute approximate surface area is 105 Å². The van der Waals surface area contributed by atoms with Crippen molar-refractivity contribution < 1.29 is 23.9 Å². The van der Waals surface area contributed by atoms with E-state index in [0.717, 1.165) is 4.90 Å². The van der Waals surface area contributed by atoms with E-state index in [1.807, 2.05) is 12.2 Å². The van der Waals surface area contributed by atoms with Crippen LogP contribution < -0.4 is 0 Å². The van der Waals surface area contributed by atoms with Crippen molar-refractivity contribution in [1.82, 2.24) is 4.90 Å². The van der Waals surface area contributed by atoms with Gasteiger partial charge in [-0.15, -0.1) is 0 Å². The third-order valence-electron chi connectivity index (χ3n) is 3.28. The van der Waals surface area contributed by atoms with Gasteiger partial charge in [0.15, 0.2) is 0 Å². The van der Waals surface area contributed by atoms with Crippen LogP contribution in [0.4, 0.5) is 4.79 Å². The molecule has 0 N–H and O–H groups in total. The molecule has 2 rings (SSSR count). The van der Waals surface area contributed by atoms with Crippen LogP contribution in [0.5, 0.6) is 0 Å². The lowest BCUT2D eigenvalue weighted by Crippen LogP contribution is -2.42. The molecule has 18 heavy (non-hydrogen) atoms. The molecule has 6 nitrogen and oxygen atoms in total. The van der Waals surface area contributed by atoms with Gasteiger partial charge < -0.3 is 9.47 Å². The first-order valence-corrected chi connectivity index (χ1v) is 5.86. The molecule has 0 bridgehead atoms. The molecule has 2 atom stereocenters. The average Bonchev–Trinajstić information content (AvgIpc) is 2.83. The highest BCUT2D eigenvalue weighted by Gasteiger charge is 2.40. The van der Waals surface area contributed by atoms with E-state index in [4.69, 9.17) is 9.47 Å². The van der Waals surface area contributed by atoms with Crippen molar-refractivity contribution in [3.8, 4) is 0 Å². The van der Waals surface area contributed by atoms with E-state index in [2.05, 4.69) is 0 Å². The maximum absolute atomic E-state index is 12.2. The Morgan fingerprint density at radius 1 is 1.33 bits per heavy atom. The lowest BCUT2D eigenvalue weighted by atomic mass is 9.82. The summed E-state index contributed by atoms with van der Waals surface area (Å²) in [6, 6.07) is 0. The molecule has 0 unspecified atom stereocenters. The summed E-state index contributed by atoms with van der Waals surface area (Å²) in [5.41, 5.74) is 0. The second-order valence-electron chi connectivity index (χ2n) is 4.28. The van der Waals surface area contributed by atoms with Gasteiger partial charge in [0.1, 0.15) is 6.61 Å². The van der Waals surface area contributed by atoms with Gasteiger partial charge in [-0.3, -0.25) is 9.59 Å². The van der Waals surface area contributed by atoms with Crippen molar-refractivity contribution in [3.63, 3.8) is 0 Å². The van der Waals surface area contributed by atoms with Gasteiger partial charge in [0, 0.05) is 0 Å². The summed E-state index contributed by atoms with van der Waals surface area (Å²) in [6.45, 7) is 0.474. The van der Waals surface area contributed by atoms with Crippen LogP contribution in [0.3, 0.4) is 0 Å². The Morgan fingerprint density at radius 2 is 2.00 bits per heavy atom. The molecule has 1 aliphatic carbocycles. The maximum atomic E-state index is 12.2. The van der Waals surface area contributed by atoms with E-state index in [1.54, 1.807) is 0 Å². The largest absolute Gasteiger partial charge is 0.469 e. The fourth-order valence-electron chi connectivity index (χ4n) is 2.29. The minimum absolute atomic E-state index is 0.218. The third kappa shape index (κ3) is 2.23. The van der Waals surface area contributed by atoms with E-state index in [9.17, 15) is 14.4 Å². The van der Waals surface area contributed by atoms with Crippen molar-refractivity contribution in [2.24, 2.45) is 11.8 Å². The molecule has 0 aromatic heterocycles. The number of hydrogen-bond donors (Lipinski definition) is 0. The monoisotopic (exact) mass is 253 g/mol. The number of allylic oxidation sites excluding steroid dienone is 2. The molecule has 0 spiro atoms. The number of imide groups is 1. The Kier molecular flexibility index (Phi) is 3.64. The first kappa shape index (κ1) is 12.6. The van der Waals surface area contributed by atoms with Crippen LogP contribution in [0, 0.1) is 11.8 Å². The summed E-state index contributed by atoms with van der Waals surface area (Å²) in [5.74, 6) is -1.81. The van der Waals surface area contributed by atoms with Gasteiger partial charge in [0.2, 0.25) is 5.91 Å². The first-order chi connectivity index (χ1) is 8.65. The zero-order valence-electron chi connectivity index (χ0n) is 10.1. The zero-order valence-corrected chi connectivity index (χ0v) is 10.1. The number of methoxy groups -OCH3 is 1. The second kappa shape index (κ2) is 5.20. The van der Waals surface area contributed by atoms with Gasteiger partial charge in [-0.1, -0.05) is 12.2 Å². The van der Waals surface area contributed by atoms with Crippen LogP contribution in [0.25, 0.3) is 0 Å². The summed E-state index contributed by atoms with van der Waals surface area (Å²) in [5, 5.41) is 0. The molecule has 6 heteroatoms. The minimum Gasteiger partial charge on any atom is -0.469 e. The summed E-state index contributed by atoms with van der Waals surface area (Å²) in [4.78, 5) is 36.3. The summed E-state index contributed by atoms with van der Waals surface area (Å²) in [7, 11) is 1.30. The second-order valence-corrected chi connectivity index (χ2v) is 4.28. The number of amides is 2. The highest BCUT2D eigenvalue weighted by Crippen LogP contribution is 2.29. The van der Waals surface area contributed by atoms with E-state index in [1.165, 1.54) is 7.11 Å². The van der Waals surface area contributed by atoms with E-state index in [0.29, 0.717) is 12.8 Å². The highest BCUT2D eigenvalue weighted by molar-refractivity contribution is 5.96. The fraction of sp³-hybridized carbons (Fsp3) is 0.583. The molecule has 0 aromatic carbocycles. The zero-order chi connectivity index (χ0) is 13.1. The lowest BCUT2D eigenvalue weighted by molar-refractivity contribution is -0.152. The van der Waals surface area contributed by atoms with Crippen molar-refractivity contribution in [3.05, 3.63) is 12.2 Å². The van der Waals surface area contributed by atoms with Crippen LogP contribution in [0.15, 0.2) is 12.2 Å². The molecular formula is C12H15NO5. The highest BCUT2D eigenvalue weighted by atomic mass is 16.6. The van der Waals surface area contributed by atoms with Crippen LogP contribution in [0.2, 0.25) is 0 Å². The molecule has 1 aliphatic heterocycles. The van der Waals surface area contributed by atoms with Gasteiger partial charge in [0.25, 0.3) is 0 Å². The predicted molar refractivity (Wildman–Crippen MR) is 60.4 cm³/mol. The van der Waals surface area contributed by atoms with Crippen LogP contribution >= 0.6 is 0 Å². The van der Waals surface area contributed by atoms with Crippen molar-refractivity contribution in [2.45, 2.75) is 12.8 Å². The Balaban J connectivity index is 2.14. The number of hydrogen-bond acceptors (Lipinski definition) is 5. The number of cyclic esters (lactones) is 1. The van der Waals surface area contributed by atoms with Gasteiger partial charge in [-0.05, 0) is 12.8 Å². The molecule has 0 saturated carbocycles. The topological polar surface area (TPSA) is 72.9 Å². The molecular weight excluding hydrogens is 238 g/mol. The van der Waals surface area contributed by atoms with Crippen molar-refractivity contribution in [2.75, 3.05) is 20.3 Å². The van der Waals surface area contributed by atoms with E-state index < -0.39 is 23.9 Å². The molecule has 2 aliphatic rings. The number of nitrogens with zero attached hydrogens (tertiary/aromatic N) is 1. The molecule has 1 saturated heterocycles. The quantitative estimate of drug-likeness (QED) is 0.535. The number of carbonyl (C=O) groups is 3. The summed E-state index contributed by atoms with van der Waals surface area (Å²) in [6.07, 6.45) is 3.99. The summed E-state index contributed by atoms with van der Waals surface area (Å²) < 4.78 is 9.43. The van der Waals surface area contributed by atoms with E-state index >= 15 is 0 Å². The number of ether oxygens (including phenoxy) is 2. The van der Waals surface area contributed by atoms with Crippen molar-refractivity contribution in [1.29, 1.82) is 0 Å².